The van der Waals surface area contributed by atoms with E-state index in [0.29, 0.717) is 17.4 Å². The summed E-state index contributed by atoms with van der Waals surface area (Å²) in [7, 11) is 2.18. The third-order valence-corrected chi connectivity index (χ3v) is 7.41. The molecule has 192 valence electrons. The Bertz CT molecular complexity index is 1030. The fraction of sp³-hybridized carbons (Fsp3) is 0.654. The summed E-state index contributed by atoms with van der Waals surface area (Å²) in [5.74, 6) is 0.535. The first kappa shape index (κ1) is 25.4. The second-order valence-corrected chi connectivity index (χ2v) is 10.7. The lowest BCUT2D eigenvalue weighted by Crippen LogP contribution is -2.50. The number of rotatable bonds is 6. The third kappa shape index (κ3) is 5.46. The van der Waals surface area contributed by atoms with Gasteiger partial charge in [-0.15, -0.1) is 10.2 Å². The molecule has 0 bridgehead atoms. The Labute approximate surface area is 208 Å². The van der Waals surface area contributed by atoms with E-state index < -0.39 is 0 Å². The molecule has 0 atom stereocenters. The number of aromatic nitrogens is 3. The molecule has 1 aliphatic carbocycles. The second-order valence-electron chi connectivity index (χ2n) is 10.7. The number of nitrogens with one attached hydrogen (secondary N) is 1. The van der Waals surface area contributed by atoms with E-state index in [1.807, 2.05) is 32.3 Å². The molecule has 1 amide bonds. The molecule has 1 aliphatic heterocycles. The Balaban J connectivity index is 1.66. The van der Waals surface area contributed by atoms with Crippen LogP contribution in [0, 0.1) is 0 Å². The van der Waals surface area contributed by atoms with Gasteiger partial charge < -0.3 is 20.4 Å². The van der Waals surface area contributed by atoms with Crippen molar-refractivity contribution in [2.24, 2.45) is 0 Å². The molecule has 35 heavy (non-hydrogen) atoms. The molecule has 4 rings (SSSR count). The molecule has 9 heteroatoms. The van der Waals surface area contributed by atoms with Crippen LogP contribution in [0.5, 0.6) is 11.5 Å². The second kappa shape index (κ2) is 10.5. The van der Waals surface area contributed by atoms with Gasteiger partial charge in [0.25, 0.3) is 5.91 Å². The molecule has 2 fully saturated rings. The number of benzene rings is 1. The predicted molar refractivity (Wildman–Crippen MR) is 136 cm³/mol. The fourth-order valence-corrected chi connectivity index (χ4v) is 5.41. The van der Waals surface area contributed by atoms with Gasteiger partial charge >= 0.3 is 0 Å². The number of aromatic hydroxyl groups is 2. The molecular formula is C26H40N6O3. The van der Waals surface area contributed by atoms with Crippen LogP contribution in [-0.2, 0) is 0 Å². The Morgan fingerprint density at radius 3 is 2.17 bits per heavy atom. The van der Waals surface area contributed by atoms with Gasteiger partial charge in [-0.05, 0) is 64.1 Å². The summed E-state index contributed by atoms with van der Waals surface area (Å²) in [5.41, 5.74) is 1.21. The van der Waals surface area contributed by atoms with Crippen molar-refractivity contribution in [3.8, 4) is 22.9 Å². The third-order valence-electron chi connectivity index (χ3n) is 7.41. The van der Waals surface area contributed by atoms with E-state index in [-0.39, 0.29) is 41.2 Å². The van der Waals surface area contributed by atoms with Crippen LogP contribution in [0.2, 0.25) is 0 Å². The van der Waals surface area contributed by atoms with E-state index in [2.05, 4.69) is 32.4 Å². The summed E-state index contributed by atoms with van der Waals surface area (Å²) in [4.78, 5) is 18.1. The van der Waals surface area contributed by atoms with E-state index >= 15 is 0 Å². The van der Waals surface area contributed by atoms with Crippen LogP contribution >= 0.6 is 0 Å². The summed E-state index contributed by atoms with van der Waals surface area (Å²) in [6.45, 7) is 12.2. The van der Waals surface area contributed by atoms with Gasteiger partial charge in [0.05, 0.1) is 5.56 Å². The number of likely N-dealkylation sites (N-methyl/N-ethyl adjacent to an activating group) is 1. The smallest absolute Gasteiger partial charge is 0.289 e. The zero-order valence-corrected chi connectivity index (χ0v) is 21.7. The fourth-order valence-electron chi connectivity index (χ4n) is 5.41. The SMILES string of the molecule is CC(C)NC(=O)c1nnc(-c2cc(C(C)C)c(O)cc2O)n1C1CCC(N2CCN(C)CC2)CC1. The van der Waals surface area contributed by atoms with Gasteiger partial charge in [0, 0.05) is 50.4 Å². The molecule has 1 saturated heterocycles. The summed E-state index contributed by atoms with van der Waals surface area (Å²) in [5, 5.41) is 32.7. The molecule has 1 aromatic heterocycles. The van der Waals surface area contributed by atoms with Crippen molar-refractivity contribution in [2.45, 2.75) is 77.4 Å². The van der Waals surface area contributed by atoms with E-state index in [1.54, 1.807) is 6.07 Å². The van der Waals surface area contributed by atoms with Crippen molar-refractivity contribution in [2.75, 3.05) is 33.2 Å². The van der Waals surface area contributed by atoms with Gasteiger partial charge in [0.1, 0.15) is 11.5 Å². The summed E-state index contributed by atoms with van der Waals surface area (Å²) < 4.78 is 1.92. The number of hydrogen-bond acceptors (Lipinski definition) is 7. The first-order valence-corrected chi connectivity index (χ1v) is 12.9. The van der Waals surface area contributed by atoms with Crippen LogP contribution in [-0.4, -0.2) is 86.0 Å². The van der Waals surface area contributed by atoms with Gasteiger partial charge in [0.15, 0.2) is 5.82 Å². The van der Waals surface area contributed by atoms with E-state index in [4.69, 9.17) is 0 Å². The lowest BCUT2D eigenvalue weighted by molar-refractivity contribution is 0.0809. The highest BCUT2D eigenvalue weighted by molar-refractivity contribution is 5.91. The quantitative estimate of drug-likeness (QED) is 0.577. The lowest BCUT2D eigenvalue weighted by Gasteiger charge is -2.41. The van der Waals surface area contributed by atoms with E-state index in [9.17, 15) is 15.0 Å². The zero-order chi connectivity index (χ0) is 25.3. The number of amides is 1. The zero-order valence-electron chi connectivity index (χ0n) is 21.7. The molecule has 9 nitrogen and oxygen atoms in total. The van der Waals surface area contributed by atoms with Crippen LogP contribution in [0.1, 0.15) is 81.5 Å². The number of phenolic OH excluding ortho intramolecular Hbond substituents is 2. The van der Waals surface area contributed by atoms with Crippen molar-refractivity contribution >= 4 is 5.91 Å². The van der Waals surface area contributed by atoms with Gasteiger partial charge in [-0.2, -0.15) is 0 Å². The molecular weight excluding hydrogens is 444 g/mol. The first-order chi connectivity index (χ1) is 16.7. The number of phenols is 2. The minimum absolute atomic E-state index is 0.0290. The first-order valence-electron chi connectivity index (χ1n) is 12.9. The Morgan fingerprint density at radius 2 is 1.57 bits per heavy atom. The number of nitrogens with zero attached hydrogens (tertiary/aromatic N) is 5. The van der Waals surface area contributed by atoms with Crippen LogP contribution < -0.4 is 5.32 Å². The van der Waals surface area contributed by atoms with Gasteiger partial charge in [-0.1, -0.05) is 13.8 Å². The molecule has 2 heterocycles. The standard InChI is InChI=1S/C26H40N6O3/c1-16(2)20-14-21(23(34)15-22(20)33)24-28-29-25(26(35)27-17(3)4)32(24)19-8-6-18(7-9-19)31-12-10-30(5)11-13-31/h14-19,33-34H,6-13H2,1-5H3,(H,27,35). The summed E-state index contributed by atoms with van der Waals surface area (Å²) in [6, 6.07) is 3.73. The maximum atomic E-state index is 13.1. The van der Waals surface area contributed by atoms with Crippen molar-refractivity contribution in [3.63, 3.8) is 0 Å². The summed E-state index contributed by atoms with van der Waals surface area (Å²) >= 11 is 0. The number of hydrogen-bond donors (Lipinski definition) is 3. The highest BCUT2D eigenvalue weighted by Gasteiger charge is 2.33. The molecule has 3 N–H and O–H groups in total. The van der Waals surface area contributed by atoms with E-state index in [0.717, 1.165) is 57.4 Å². The Kier molecular flexibility index (Phi) is 7.66. The number of carbonyl (C=O) groups is 1. The molecule has 0 radical (unpaired) electrons. The minimum atomic E-state index is -0.262. The maximum absolute atomic E-state index is 13.1. The molecule has 2 aromatic rings. The van der Waals surface area contributed by atoms with Crippen molar-refractivity contribution < 1.29 is 15.0 Å². The summed E-state index contributed by atoms with van der Waals surface area (Å²) in [6.07, 6.45) is 3.94. The predicted octanol–water partition coefficient (Wildman–Crippen LogP) is 3.35. The average molecular weight is 485 g/mol. The molecule has 0 unspecified atom stereocenters. The highest BCUT2D eigenvalue weighted by atomic mass is 16.3. The normalized spacial score (nSPS) is 22.1. The van der Waals surface area contributed by atoms with Crippen molar-refractivity contribution in [1.29, 1.82) is 0 Å². The topological polar surface area (TPSA) is 107 Å². The Morgan fingerprint density at radius 1 is 0.943 bits per heavy atom. The number of piperazine rings is 1. The highest BCUT2D eigenvalue weighted by Crippen LogP contribution is 2.40. The van der Waals surface area contributed by atoms with Crippen LogP contribution in [0.25, 0.3) is 11.4 Å². The Hall–Kier alpha value is -2.65. The monoisotopic (exact) mass is 484 g/mol. The van der Waals surface area contributed by atoms with Crippen LogP contribution in [0.3, 0.4) is 0 Å². The van der Waals surface area contributed by atoms with E-state index in [1.165, 1.54) is 6.07 Å². The van der Waals surface area contributed by atoms with Crippen LogP contribution in [0.4, 0.5) is 0 Å². The molecule has 1 saturated carbocycles. The molecule has 1 aromatic carbocycles. The maximum Gasteiger partial charge on any atom is 0.289 e. The van der Waals surface area contributed by atoms with Crippen molar-refractivity contribution in [3.05, 3.63) is 23.5 Å². The molecule has 0 spiro atoms. The largest absolute Gasteiger partial charge is 0.508 e. The lowest BCUT2D eigenvalue weighted by atomic mass is 9.89. The molecule has 2 aliphatic rings. The average Bonchev–Trinajstić information content (AvgIpc) is 3.24. The van der Waals surface area contributed by atoms with Gasteiger partial charge in [-0.3, -0.25) is 14.3 Å². The van der Waals surface area contributed by atoms with Crippen molar-refractivity contribution in [1.82, 2.24) is 29.9 Å². The van der Waals surface area contributed by atoms with Gasteiger partial charge in [0.2, 0.25) is 5.82 Å². The van der Waals surface area contributed by atoms with Gasteiger partial charge in [-0.25, -0.2) is 0 Å². The van der Waals surface area contributed by atoms with Crippen LogP contribution in [0.15, 0.2) is 12.1 Å². The minimum Gasteiger partial charge on any atom is -0.508 e. The number of carbonyl (C=O) groups excluding carboxylic acids is 1.